The molecular weight excluding hydrogens is 372 g/mol. The fourth-order valence-corrected chi connectivity index (χ4v) is 2.73. The molecule has 0 aromatic heterocycles. The number of hydrogen-bond donors (Lipinski definition) is 0. The Bertz CT molecular complexity index is 974. The zero-order valence-corrected chi connectivity index (χ0v) is 15.8. The molecule has 0 amide bonds. The van der Waals surface area contributed by atoms with Crippen LogP contribution in [0.25, 0.3) is 6.08 Å². The minimum absolute atomic E-state index is 0.110. The van der Waals surface area contributed by atoms with Crippen molar-refractivity contribution >= 4 is 27.9 Å². The minimum atomic E-state index is -3.34. The molecule has 0 spiro atoms. The summed E-state index contributed by atoms with van der Waals surface area (Å²) in [5.74, 6) is -0.679. The lowest BCUT2D eigenvalue weighted by Crippen LogP contribution is -2.09. The lowest BCUT2D eigenvalue weighted by atomic mass is 10.2. The fourth-order valence-electron chi connectivity index (χ4n) is 2.10. The summed E-state index contributed by atoms with van der Waals surface area (Å²) in [5, 5.41) is 0. The van der Waals surface area contributed by atoms with Crippen LogP contribution in [0, 0.1) is 0 Å². The Morgan fingerprint density at radius 2 is 1.63 bits per heavy atom. The topological polar surface area (TPSA) is 96.0 Å². The van der Waals surface area contributed by atoms with Gasteiger partial charge in [-0.2, -0.15) is 0 Å². The first kappa shape index (κ1) is 20.2. The Balaban J connectivity index is 2.19. The number of methoxy groups -OCH3 is 2. The van der Waals surface area contributed by atoms with Gasteiger partial charge in [0.25, 0.3) is 0 Å². The molecule has 0 aliphatic rings. The minimum Gasteiger partial charge on any atom is -0.493 e. The summed E-state index contributed by atoms with van der Waals surface area (Å²) in [5.41, 5.74) is 0.841. The van der Waals surface area contributed by atoms with Crippen LogP contribution in [-0.2, 0) is 19.4 Å². The first-order valence-electron chi connectivity index (χ1n) is 7.71. The Hall–Kier alpha value is -3.13. The molecule has 2 aromatic carbocycles. The highest BCUT2D eigenvalue weighted by Gasteiger charge is 2.14. The molecule has 0 saturated heterocycles. The quantitative estimate of drug-likeness (QED) is 0.425. The van der Waals surface area contributed by atoms with Crippen LogP contribution < -0.4 is 9.47 Å². The number of carbonyl (C=O) groups excluding carboxylic acids is 2. The summed E-state index contributed by atoms with van der Waals surface area (Å²) in [6, 6.07) is 10.2. The van der Waals surface area contributed by atoms with Crippen LogP contribution in [-0.4, -0.2) is 40.8 Å². The number of carbonyl (C=O) groups is 2. The molecule has 27 heavy (non-hydrogen) atoms. The van der Waals surface area contributed by atoms with Gasteiger partial charge in [-0.1, -0.05) is 6.07 Å². The summed E-state index contributed by atoms with van der Waals surface area (Å²) in [4.78, 5) is 23.5. The van der Waals surface area contributed by atoms with E-state index in [1.807, 2.05) is 0 Å². The molecule has 0 bridgehead atoms. The van der Waals surface area contributed by atoms with Crippen molar-refractivity contribution in [2.24, 2.45) is 0 Å². The van der Waals surface area contributed by atoms with Gasteiger partial charge in [-0.25, -0.2) is 18.0 Å². The van der Waals surface area contributed by atoms with Crippen molar-refractivity contribution in [3.05, 3.63) is 59.7 Å². The van der Waals surface area contributed by atoms with Crippen molar-refractivity contribution in [3.8, 4) is 11.5 Å². The fraction of sp³-hybridized carbons (Fsp3) is 0.158. The molecular formula is C19H18O7S. The predicted molar refractivity (Wildman–Crippen MR) is 98.6 cm³/mol. The van der Waals surface area contributed by atoms with Crippen molar-refractivity contribution in [1.29, 1.82) is 0 Å². The number of ether oxygens (including phenoxy) is 3. The van der Waals surface area contributed by atoms with E-state index in [-0.39, 0.29) is 16.2 Å². The van der Waals surface area contributed by atoms with Crippen molar-refractivity contribution in [2.45, 2.75) is 4.90 Å². The van der Waals surface area contributed by atoms with Gasteiger partial charge in [0.05, 0.1) is 24.7 Å². The van der Waals surface area contributed by atoms with Crippen LogP contribution in [0.15, 0.2) is 53.4 Å². The van der Waals surface area contributed by atoms with E-state index in [2.05, 4.69) is 4.74 Å². The third-order valence-electron chi connectivity index (χ3n) is 3.52. The smallest absolute Gasteiger partial charge is 0.343 e. The van der Waals surface area contributed by atoms with Gasteiger partial charge in [0.2, 0.25) is 0 Å². The van der Waals surface area contributed by atoms with Crippen LogP contribution >= 0.6 is 0 Å². The Labute approximate surface area is 157 Å². The maximum Gasteiger partial charge on any atom is 0.343 e. The van der Waals surface area contributed by atoms with Crippen LogP contribution in [0.1, 0.15) is 15.9 Å². The Kier molecular flexibility index (Phi) is 6.36. The molecule has 0 aliphatic heterocycles. The summed E-state index contributed by atoms with van der Waals surface area (Å²) < 4.78 is 38.0. The zero-order valence-electron chi connectivity index (χ0n) is 15.0. The second-order valence-corrected chi connectivity index (χ2v) is 7.47. The van der Waals surface area contributed by atoms with Gasteiger partial charge in [0, 0.05) is 12.3 Å². The van der Waals surface area contributed by atoms with Gasteiger partial charge >= 0.3 is 11.9 Å². The second-order valence-electron chi connectivity index (χ2n) is 5.45. The predicted octanol–water partition coefficient (Wildman–Crippen LogP) is 2.50. The van der Waals surface area contributed by atoms with Gasteiger partial charge in [-0.05, 0) is 48.0 Å². The Morgan fingerprint density at radius 3 is 2.19 bits per heavy atom. The molecule has 2 aromatic rings. The van der Waals surface area contributed by atoms with E-state index in [1.54, 1.807) is 12.1 Å². The summed E-state index contributed by atoms with van der Waals surface area (Å²) in [6.07, 6.45) is 3.87. The van der Waals surface area contributed by atoms with E-state index in [1.165, 1.54) is 56.7 Å². The number of esters is 2. The molecule has 0 N–H and O–H groups in total. The monoisotopic (exact) mass is 390 g/mol. The van der Waals surface area contributed by atoms with E-state index in [0.717, 1.165) is 6.26 Å². The molecule has 0 saturated carbocycles. The molecule has 0 heterocycles. The van der Waals surface area contributed by atoms with Gasteiger partial charge in [0.15, 0.2) is 21.3 Å². The molecule has 0 atom stereocenters. The van der Waals surface area contributed by atoms with Gasteiger partial charge < -0.3 is 14.2 Å². The average Bonchev–Trinajstić information content (AvgIpc) is 2.66. The van der Waals surface area contributed by atoms with Crippen molar-refractivity contribution in [1.82, 2.24) is 0 Å². The number of benzene rings is 2. The number of rotatable bonds is 6. The maximum absolute atomic E-state index is 12.3. The van der Waals surface area contributed by atoms with Gasteiger partial charge in [-0.15, -0.1) is 0 Å². The maximum atomic E-state index is 12.3. The normalized spacial score (nSPS) is 11.2. The molecule has 142 valence electrons. The van der Waals surface area contributed by atoms with E-state index < -0.39 is 21.8 Å². The van der Waals surface area contributed by atoms with Crippen LogP contribution in [0.3, 0.4) is 0 Å². The molecule has 0 fully saturated rings. The average molecular weight is 390 g/mol. The third kappa shape index (κ3) is 5.42. The molecule has 2 rings (SSSR count). The highest BCUT2D eigenvalue weighted by molar-refractivity contribution is 7.90. The zero-order chi connectivity index (χ0) is 20.0. The molecule has 0 aliphatic carbocycles. The van der Waals surface area contributed by atoms with Crippen molar-refractivity contribution in [2.75, 3.05) is 20.5 Å². The molecule has 8 heteroatoms. The highest BCUT2D eigenvalue weighted by atomic mass is 32.2. The van der Waals surface area contributed by atoms with E-state index in [0.29, 0.717) is 11.3 Å². The lowest BCUT2D eigenvalue weighted by molar-refractivity contribution is -0.134. The lowest BCUT2D eigenvalue weighted by Gasteiger charge is -2.10. The Morgan fingerprint density at radius 1 is 0.963 bits per heavy atom. The number of sulfone groups is 1. The van der Waals surface area contributed by atoms with Gasteiger partial charge in [-0.3, -0.25) is 0 Å². The van der Waals surface area contributed by atoms with Crippen molar-refractivity contribution < 1.29 is 32.2 Å². The van der Waals surface area contributed by atoms with Crippen LogP contribution in [0.4, 0.5) is 0 Å². The van der Waals surface area contributed by atoms with Crippen LogP contribution in [0.5, 0.6) is 11.5 Å². The van der Waals surface area contributed by atoms with E-state index in [4.69, 9.17) is 9.47 Å². The van der Waals surface area contributed by atoms with E-state index in [9.17, 15) is 18.0 Å². The second kappa shape index (κ2) is 8.50. The summed E-state index contributed by atoms with van der Waals surface area (Å²) in [7, 11) is -0.651. The first-order valence-corrected chi connectivity index (χ1v) is 9.60. The SMILES string of the molecule is COC(=O)/C=C/c1ccc(OC(=O)c2ccc(S(C)(=O)=O)cc2)c(OC)c1. The standard InChI is InChI=1S/C19H18O7S/c1-24-17-12-13(5-11-18(20)25-2)4-10-16(17)26-19(21)14-6-8-15(9-7-14)27(3,22)23/h4-12H,1-3H3/b11-5+. The molecule has 0 radical (unpaired) electrons. The molecule has 7 nitrogen and oxygen atoms in total. The number of hydrogen-bond acceptors (Lipinski definition) is 7. The highest BCUT2D eigenvalue weighted by Crippen LogP contribution is 2.29. The van der Waals surface area contributed by atoms with Crippen molar-refractivity contribution in [3.63, 3.8) is 0 Å². The summed E-state index contributed by atoms with van der Waals surface area (Å²) in [6.45, 7) is 0. The van der Waals surface area contributed by atoms with Gasteiger partial charge in [0.1, 0.15) is 0 Å². The summed E-state index contributed by atoms with van der Waals surface area (Å²) >= 11 is 0. The van der Waals surface area contributed by atoms with Crippen LogP contribution in [0.2, 0.25) is 0 Å². The third-order valence-corrected chi connectivity index (χ3v) is 4.65. The molecule has 0 unspecified atom stereocenters. The largest absolute Gasteiger partial charge is 0.493 e. The first-order chi connectivity index (χ1) is 12.7. The van der Waals surface area contributed by atoms with E-state index >= 15 is 0 Å².